The maximum Gasteiger partial charge on any atom is 0.220 e. The molecule has 3 aliphatic heterocycles. The van der Waals surface area contributed by atoms with E-state index in [1.807, 2.05) is 0 Å². The van der Waals surface area contributed by atoms with Crippen LogP contribution in [0.4, 0.5) is 0 Å². The average molecular weight is 1060 g/mol. The zero-order valence-electron chi connectivity index (χ0n) is 43.8. The van der Waals surface area contributed by atoms with E-state index in [9.17, 15) is 61.0 Å². The van der Waals surface area contributed by atoms with Crippen LogP contribution in [0.2, 0.25) is 0 Å². The molecule has 17 unspecified atom stereocenters. The molecule has 0 aliphatic carbocycles. The number of hydrogen-bond donors (Lipinski definition) is 12. The Kier molecular flexibility index (Phi) is 34.3. The van der Waals surface area contributed by atoms with Gasteiger partial charge in [-0.1, -0.05) is 138 Å². The molecule has 0 aromatic carbocycles. The quantitative estimate of drug-likeness (QED) is 0.0314. The van der Waals surface area contributed by atoms with Crippen molar-refractivity contribution in [3.8, 4) is 0 Å². The molecule has 0 saturated carbocycles. The van der Waals surface area contributed by atoms with Crippen LogP contribution in [0, 0.1) is 0 Å². The van der Waals surface area contributed by atoms with Crippen molar-refractivity contribution in [1.82, 2.24) is 5.32 Å². The lowest BCUT2D eigenvalue weighted by molar-refractivity contribution is -0.379. The zero-order valence-corrected chi connectivity index (χ0v) is 43.8. The first-order chi connectivity index (χ1) is 35.8. The molecule has 1 amide bonds. The van der Waals surface area contributed by atoms with Crippen LogP contribution in [0.1, 0.15) is 136 Å². The summed E-state index contributed by atoms with van der Waals surface area (Å²) < 4.78 is 34.0. The number of hydrogen-bond acceptors (Lipinski definition) is 18. The second-order valence-electron chi connectivity index (χ2n) is 19.3. The van der Waals surface area contributed by atoms with Crippen LogP contribution in [-0.2, 0) is 33.2 Å². The third-order valence-corrected chi connectivity index (χ3v) is 13.3. The lowest BCUT2D eigenvalue weighted by atomic mass is 9.96. The van der Waals surface area contributed by atoms with Crippen molar-refractivity contribution in [2.75, 3.05) is 26.4 Å². The van der Waals surface area contributed by atoms with Gasteiger partial charge in [-0.2, -0.15) is 0 Å². The number of amides is 1. The molecule has 17 atom stereocenters. The molecule has 12 N–H and O–H groups in total. The summed E-state index contributed by atoms with van der Waals surface area (Å²) in [6.45, 7) is 1.48. The SMILES string of the molecule is CC/C=C\C/C=C\C/C=C\C/C=C\C/C=C\C/C=C\CCCCCCCCC(=O)NC(COC1OC(CO)C(OC2OC(CO)C(OC3OC(CO)C(O)C(O)C3O)C(O)C2O)C(O)C1O)C(O)CCCCCC. The van der Waals surface area contributed by atoms with Gasteiger partial charge in [-0.25, -0.2) is 0 Å². The fraction of sp³-hybridized carbons (Fsp3) is 0.764. The summed E-state index contributed by atoms with van der Waals surface area (Å²) in [5.74, 6) is -0.272. The van der Waals surface area contributed by atoms with Gasteiger partial charge in [-0.3, -0.25) is 4.79 Å². The van der Waals surface area contributed by atoms with Crippen molar-refractivity contribution in [1.29, 1.82) is 0 Å². The van der Waals surface area contributed by atoms with E-state index in [1.165, 1.54) is 0 Å². The predicted molar refractivity (Wildman–Crippen MR) is 277 cm³/mol. The molecule has 3 rings (SSSR count). The summed E-state index contributed by atoms with van der Waals surface area (Å²) in [5, 5.41) is 119. The molecule has 3 saturated heterocycles. The van der Waals surface area contributed by atoms with Crippen LogP contribution in [0.25, 0.3) is 0 Å². The lowest BCUT2D eigenvalue weighted by Gasteiger charge is -2.48. The minimum Gasteiger partial charge on any atom is -0.394 e. The molecule has 0 aromatic heterocycles. The van der Waals surface area contributed by atoms with Gasteiger partial charge in [0.15, 0.2) is 18.9 Å². The second-order valence-corrected chi connectivity index (χ2v) is 19.3. The number of carbonyl (C=O) groups is 1. The first-order valence-electron chi connectivity index (χ1n) is 27.2. The standard InChI is InChI=1S/C55H93NO18/c1-3-5-7-9-10-11-12-13-14-15-16-17-18-19-20-21-22-23-24-25-26-27-28-29-31-33-43(61)56-38(39(60)32-30-8-6-4-2)37-69-53-49(67)46(64)51(41(35-58)71-53)74-55-50(68)47(65)52(42(36-59)72-55)73-54-48(66)45(63)44(62)40(34-57)70-54/h5,7,10-11,13-14,16-17,19-20,22-23,38-42,44-55,57-60,62-68H,3-4,6,8-9,12,15,18,21,24-37H2,1-2H3,(H,56,61)/b7-5-,11-10-,14-13-,17-16-,20-19-,23-22-. The maximum absolute atomic E-state index is 13.2. The van der Waals surface area contributed by atoms with E-state index in [4.69, 9.17) is 28.4 Å². The average Bonchev–Trinajstić information content (AvgIpc) is 3.40. The molecule has 3 heterocycles. The van der Waals surface area contributed by atoms with Gasteiger partial charge in [0.1, 0.15) is 73.2 Å². The molecule has 3 aliphatic rings. The van der Waals surface area contributed by atoms with E-state index >= 15 is 0 Å². The molecule has 0 spiro atoms. The molecule has 74 heavy (non-hydrogen) atoms. The van der Waals surface area contributed by atoms with Crippen molar-refractivity contribution in [2.24, 2.45) is 0 Å². The molecular formula is C55H93NO18. The zero-order chi connectivity index (χ0) is 54.1. The third-order valence-electron chi connectivity index (χ3n) is 13.3. The van der Waals surface area contributed by atoms with Crippen LogP contribution in [0.5, 0.6) is 0 Å². The van der Waals surface area contributed by atoms with Gasteiger partial charge < -0.3 is 89.9 Å². The summed E-state index contributed by atoms with van der Waals surface area (Å²) in [6.07, 6.45) is 16.6. The number of carbonyl (C=O) groups excluding carboxylic acids is 1. The van der Waals surface area contributed by atoms with Gasteiger partial charge in [-0.05, 0) is 64.2 Å². The monoisotopic (exact) mass is 1060 g/mol. The van der Waals surface area contributed by atoms with Gasteiger partial charge >= 0.3 is 0 Å². The summed E-state index contributed by atoms with van der Waals surface area (Å²) >= 11 is 0. The first-order valence-corrected chi connectivity index (χ1v) is 27.2. The number of nitrogens with one attached hydrogen (secondary N) is 1. The molecule has 19 nitrogen and oxygen atoms in total. The minimum atomic E-state index is -1.97. The smallest absolute Gasteiger partial charge is 0.220 e. The van der Waals surface area contributed by atoms with Gasteiger partial charge in [0.05, 0.1) is 38.6 Å². The summed E-state index contributed by atoms with van der Waals surface area (Å²) in [6, 6.07) is -0.895. The number of rotatable bonds is 37. The van der Waals surface area contributed by atoms with Crippen LogP contribution >= 0.6 is 0 Å². The molecule has 3 fully saturated rings. The van der Waals surface area contributed by atoms with Crippen molar-refractivity contribution < 1.29 is 89.4 Å². The Morgan fingerprint density at radius 1 is 0.500 bits per heavy atom. The highest BCUT2D eigenvalue weighted by Gasteiger charge is 2.53. The summed E-state index contributed by atoms with van der Waals surface area (Å²) in [5.41, 5.74) is 0. The molecule has 19 heteroatoms. The van der Waals surface area contributed by atoms with Gasteiger partial charge in [-0.15, -0.1) is 0 Å². The van der Waals surface area contributed by atoms with Crippen LogP contribution in [0.3, 0.4) is 0 Å². The first kappa shape index (κ1) is 65.5. The van der Waals surface area contributed by atoms with Crippen LogP contribution in [-0.4, -0.2) is 193 Å². The van der Waals surface area contributed by atoms with E-state index in [-0.39, 0.29) is 18.9 Å². The Hall–Kier alpha value is -2.77. The number of ether oxygens (including phenoxy) is 6. The highest BCUT2D eigenvalue weighted by molar-refractivity contribution is 5.76. The number of aliphatic hydroxyl groups excluding tert-OH is 11. The van der Waals surface area contributed by atoms with Crippen molar-refractivity contribution >= 4 is 5.91 Å². The van der Waals surface area contributed by atoms with E-state index in [0.29, 0.717) is 19.3 Å². The van der Waals surface area contributed by atoms with E-state index < -0.39 is 124 Å². The van der Waals surface area contributed by atoms with E-state index in [0.717, 1.165) is 96.3 Å². The number of unbranched alkanes of at least 4 members (excludes halogenated alkanes) is 9. The van der Waals surface area contributed by atoms with Crippen molar-refractivity contribution in [3.63, 3.8) is 0 Å². The Morgan fingerprint density at radius 2 is 0.932 bits per heavy atom. The molecule has 0 radical (unpaired) electrons. The van der Waals surface area contributed by atoms with Gasteiger partial charge in [0.2, 0.25) is 5.91 Å². The lowest BCUT2D eigenvalue weighted by Crippen LogP contribution is -2.66. The third kappa shape index (κ3) is 23.5. The minimum absolute atomic E-state index is 0.242. The highest BCUT2D eigenvalue weighted by atomic mass is 16.8. The van der Waals surface area contributed by atoms with Crippen LogP contribution < -0.4 is 5.32 Å². The fourth-order valence-electron chi connectivity index (χ4n) is 8.78. The summed E-state index contributed by atoms with van der Waals surface area (Å²) in [7, 11) is 0. The highest BCUT2D eigenvalue weighted by Crippen LogP contribution is 2.33. The topological polar surface area (TPSA) is 307 Å². The van der Waals surface area contributed by atoms with Gasteiger partial charge in [0, 0.05) is 6.42 Å². The second kappa shape index (κ2) is 38.7. The number of aliphatic hydroxyl groups is 11. The summed E-state index contributed by atoms with van der Waals surface area (Å²) in [4.78, 5) is 13.2. The Bertz CT molecular complexity index is 1640. The molecular weight excluding hydrogens is 963 g/mol. The Balaban J connectivity index is 1.40. The molecule has 426 valence electrons. The fourth-order valence-corrected chi connectivity index (χ4v) is 8.78. The predicted octanol–water partition coefficient (Wildman–Crippen LogP) is 3.09. The Labute approximate surface area is 438 Å². The molecule has 0 aromatic rings. The van der Waals surface area contributed by atoms with Crippen molar-refractivity contribution in [2.45, 2.75) is 240 Å². The maximum atomic E-state index is 13.2. The normalized spacial score (nSPS) is 32.0. The number of allylic oxidation sites excluding steroid dienone is 12. The Morgan fingerprint density at radius 3 is 1.45 bits per heavy atom. The van der Waals surface area contributed by atoms with Crippen LogP contribution in [0.15, 0.2) is 72.9 Å². The molecule has 0 bridgehead atoms. The van der Waals surface area contributed by atoms with Crippen molar-refractivity contribution in [3.05, 3.63) is 72.9 Å². The van der Waals surface area contributed by atoms with E-state index in [2.05, 4.69) is 92.1 Å². The largest absolute Gasteiger partial charge is 0.394 e. The van der Waals surface area contributed by atoms with Gasteiger partial charge in [0.25, 0.3) is 0 Å². The van der Waals surface area contributed by atoms with E-state index in [1.54, 1.807) is 0 Å².